The predicted molar refractivity (Wildman–Crippen MR) is 128 cm³/mol. The minimum Gasteiger partial charge on any atom is -0.460 e. The van der Waals surface area contributed by atoms with E-state index in [1.165, 1.54) is 4.31 Å². The Labute approximate surface area is 196 Å². The Kier molecular flexibility index (Phi) is 6.68. The lowest BCUT2D eigenvalue weighted by Gasteiger charge is -2.44. The van der Waals surface area contributed by atoms with Gasteiger partial charge in [0.15, 0.2) is 0 Å². The van der Waals surface area contributed by atoms with Crippen LogP contribution in [0.3, 0.4) is 0 Å². The van der Waals surface area contributed by atoms with E-state index in [-0.39, 0.29) is 36.5 Å². The zero-order valence-corrected chi connectivity index (χ0v) is 19.8. The Morgan fingerprint density at radius 2 is 1.58 bits per heavy atom. The molecule has 6 heteroatoms. The number of sulfonamides is 1. The summed E-state index contributed by atoms with van der Waals surface area (Å²) in [7, 11) is -3.64. The van der Waals surface area contributed by atoms with Gasteiger partial charge in [-0.2, -0.15) is 4.31 Å². The molecule has 0 N–H and O–H groups in total. The van der Waals surface area contributed by atoms with Gasteiger partial charge in [0.2, 0.25) is 10.0 Å². The van der Waals surface area contributed by atoms with Crippen LogP contribution in [0.1, 0.15) is 30.0 Å². The molecule has 0 aliphatic carbocycles. The fraction of sp³-hybridized carbons (Fsp3) is 0.296. The summed E-state index contributed by atoms with van der Waals surface area (Å²) in [6.07, 6.45) is 0.358. The second-order valence-electron chi connectivity index (χ2n) is 8.73. The van der Waals surface area contributed by atoms with Gasteiger partial charge < -0.3 is 4.74 Å². The van der Waals surface area contributed by atoms with Crippen molar-refractivity contribution >= 4 is 16.0 Å². The molecule has 172 valence electrons. The Morgan fingerprint density at radius 3 is 2.18 bits per heavy atom. The second-order valence-corrected chi connectivity index (χ2v) is 10.7. The van der Waals surface area contributed by atoms with Crippen LogP contribution < -0.4 is 0 Å². The van der Waals surface area contributed by atoms with Gasteiger partial charge in [-0.3, -0.25) is 4.79 Å². The van der Waals surface area contributed by atoms with Gasteiger partial charge in [-0.05, 0) is 42.5 Å². The topological polar surface area (TPSA) is 63.7 Å². The lowest BCUT2D eigenvalue weighted by Crippen LogP contribution is -2.55. The molecule has 5 nitrogen and oxygen atoms in total. The third-order valence-corrected chi connectivity index (χ3v) is 8.48. The first-order chi connectivity index (χ1) is 15.8. The van der Waals surface area contributed by atoms with Gasteiger partial charge in [0.25, 0.3) is 0 Å². The molecule has 1 heterocycles. The first-order valence-corrected chi connectivity index (χ1v) is 12.6. The highest BCUT2D eigenvalue weighted by Crippen LogP contribution is 2.42. The van der Waals surface area contributed by atoms with Crippen LogP contribution in [-0.4, -0.2) is 31.8 Å². The van der Waals surface area contributed by atoms with Gasteiger partial charge in [0.1, 0.15) is 6.61 Å². The predicted octanol–water partition coefficient (Wildman–Crippen LogP) is 4.71. The summed E-state index contributed by atoms with van der Waals surface area (Å²) in [5.41, 5.74) is 1.88. The molecule has 0 spiro atoms. The fourth-order valence-corrected chi connectivity index (χ4v) is 6.14. The van der Waals surface area contributed by atoms with Gasteiger partial charge in [-0.1, -0.05) is 85.3 Å². The average Bonchev–Trinajstić information content (AvgIpc) is 2.84. The first-order valence-electron chi connectivity index (χ1n) is 11.2. The number of hydrogen-bond acceptors (Lipinski definition) is 4. The lowest BCUT2D eigenvalue weighted by atomic mass is 9.67. The maximum absolute atomic E-state index is 13.6. The quantitative estimate of drug-likeness (QED) is 0.497. The largest absolute Gasteiger partial charge is 0.460 e. The van der Waals surface area contributed by atoms with Crippen molar-refractivity contribution in [1.29, 1.82) is 0 Å². The molecular weight excluding hydrogens is 434 g/mol. The van der Waals surface area contributed by atoms with Crippen molar-refractivity contribution < 1.29 is 17.9 Å². The van der Waals surface area contributed by atoms with Gasteiger partial charge in [-0.25, -0.2) is 8.42 Å². The maximum atomic E-state index is 13.6. The number of benzene rings is 3. The van der Waals surface area contributed by atoms with E-state index in [9.17, 15) is 13.2 Å². The molecule has 1 saturated heterocycles. The molecule has 33 heavy (non-hydrogen) atoms. The standard InChI is InChI=1S/C27H29NO4S/c1-21-13-15-25(16-14-21)33(30,31)28-18-17-27(22(2)19-28,24-11-7-4-8-12-24)26(29)32-20-23-9-5-3-6-10-23/h3-16,22H,17-20H2,1-2H3. The van der Waals surface area contributed by atoms with Crippen molar-refractivity contribution in [3.05, 3.63) is 102 Å². The van der Waals surface area contributed by atoms with Crippen molar-refractivity contribution in [2.75, 3.05) is 13.1 Å². The third-order valence-electron chi connectivity index (χ3n) is 6.60. The Bertz CT molecular complexity index is 1190. The third kappa shape index (κ3) is 4.59. The normalized spacial score (nSPS) is 21.5. The molecule has 4 rings (SSSR count). The van der Waals surface area contributed by atoms with Crippen LogP contribution in [0.25, 0.3) is 0 Å². The molecule has 0 saturated carbocycles. The average molecular weight is 464 g/mol. The fourth-order valence-electron chi connectivity index (χ4n) is 4.62. The molecular formula is C27H29NO4S. The summed E-state index contributed by atoms with van der Waals surface area (Å²) in [6.45, 7) is 4.54. The minimum absolute atomic E-state index is 0.187. The van der Waals surface area contributed by atoms with Crippen LogP contribution in [0.15, 0.2) is 89.8 Å². The summed E-state index contributed by atoms with van der Waals surface area (Å²) in [5.74, 6) is -0.574. The SMILES string of the molecule is Cc1ccc(S(=O)(=O)N2CCC(C(=O)OCc3ccccc3)(c3ccccc3)C(C)C2)cc1. The Morgan fingerprint density at radius 1 is 0.970 bits per heavy atom. The maximum Gasteiger partial charge on any atom is 0.317 e. The van der Waals surface area contributed by atoms with Crippen LogP contribution in [0.4, 0.5) is 0 Å². The summed E-state index contributed by atoms with van der Waals surface area (Å²) in [4.78, 5) is 13.9. The number of esters is 1. The molecule has 2 atom stereocenters. The first kappa shape index (κ1) is 23.2. The number of carbonyl (C=O) groups is 1. The van der Waals surface area contributed by atoms with E-state index < -0.39 is 15.4 Å². The van der Waals surface area contributed by atoms with Gasteiger partial charge >= 0.3 is 5.97 Å². The highest BCUT2D eigenvalue weighted by Gasteiger charge is 2.51. The van der Waals surface area contributed by atoms with Crippen LogP contribution in [0, 0.1) is 12.8 Å². The molecule has 0 bridgehead atoms. The van der Waals surface area contributed by atoms with E-state index in [2.05, 4.69) is 0 Å². The number of hydrogen-bond donors (Lipinski definition) is 0. The molecule has 0 radical (unpaired) electrons. The number of ether oxygens (including phenoxy) is 1. The lowest BCUT2D eigenvalue weighted by molar-refractivity contribution is -0.156. The highest BCUT2D eigenvalue weighted by molar-refractivity contribution is 7.89. The van der Waals surface area contributed by atoms with Crippen molar-refractivity contribution in [2.45, 2.75) is 37.2 Å². The number of carbonyl (C=O) groups excluding carboxylic acids is 1. The molecule has 3 aromatic rings. The van der Waals surface area contributed by atoms with Crippen LogP contribution in [0.5, 0.6) is 0 Å². The smallest absolute Gasteiger partial charge is 0.317 e. The molecule has 3 aromatic carbocycles. The summed E-state index contributed by atoms with van der Waals surface area (Å²) in [5, 5.41) is 0. The van der Waals surface area contributed by atoms with E-state index in [1.807, 2.05) is 74.5 Å². The van der Waals surface area contributed by atoms with Gasteiger partial charge in [0.05, 0.1) is 10.3 Å². The van der Waals surface area contributed by atoms with Crippen LogP contribution >= 0.6 is 0 Å². The molecule has 1 aliphatic rings. The van der Waals surface area contributed by atoms with E-state index in [0.717, 1.165) is 16.7 Å². The van der Waals surface area contributed by atoms with Crippen molar-refractivity contribution in [3.8, 4) is 0 Å². The molecule has 1 fully saturated rings. The number of piperidine rings is 1. The summed E-state index contributed by atoms with van der Waals surface area (Å²) in [6, 6.07) is 26.1. The van der Waals surface area contributed by atoms with Crippen LogP contribution in [-0.2, 0) is 31.6 Å². The number of aryl methyl sites for hydroxylation is 1. The zero-order chi connectivity index (χ0) is 23.5. The number of rotatable bonds is 6. The highest BCUT2D eigenvalue weighted by atomic mass is 32.2. The van der Waals surface area contributed by atoms with Crippen LogP contribution in [0.2, 0.25) is 0 Å². The molecule has 0 amide bonds. The van der Waals surface area contributed by atoms with Gasteiger partial charge in [-0.15, -0.1) is 0 Å². The van der Waals surface area contributed by atoms with E-state index in [1.54, 1.807) is 24.3 Å². The van der Waals surface area contributed by atoms with E-state index in [4.69, 9.17) is 4.74 Å². The second kappa shape index (κ2) is 9.49. The molecule has 2 unspecified atom stereocenters. The monoisotopic (exact) mass is 463 g/mol. The van der Waals surface area contributed by atoms with Gasteiger partial charge in [0, 0.05) is 13.1 Å². The molecule has 0 aromatic heterocycles. The van der Waals surface area contributed by atoms with Crippen molar-refractivity contribution in [2.24, 2.45) is 5.92 Å². The summed E-state index contributed by atoms with van der Waals surface area (Å²) < 4.78 is 33.9. The van der Waals surface area contributed by atoms with E-state index >= 15 is 0 Å². The number of nitrogens with zero attached hydrogens (tertiary/aromatic N) is 1. The minimum atomic E-state index is -3.64. The van der Waals surface area contributed by atoms with E-state index in [0.29, 0.717) is 6.42 Å². The zero-order valence-electron chi connectivity index (χ0n) is 19.0. The summed E-state index contributed by atoms with van der Waals surface area (Å²) >= 11 is 0. The Hall–Kier alpha value is -2.96. The Balaban J connectivity index is 1.61. The van der Waals surface area contributed by atoms with Crippen molar-refractivity contribution in [1.82, 2.24) is 4.31 Å². The molecule has 1 aliphatic heterocycles. The van der Waals surface area contributed by atoms with Crippen molar-refractivity contribution in [3.63, 3.8) is 0 Å².